The predicted molar refractivity (Wildman–Crippen MR) is 161 cm³/mol. The maximum atomic E-state index is 14.0. The lowest BCUT2D eigenvalue weighted by atomic mass is 9.96. The first-order valence-corrected chi connectivity index (χ1v) is 14.1. The number of hydrogen-bond acceptors (Lipinski definition) is 9. The Balaban J connectivity index is 1.48. The molecule has 2 aromatic heterocycles. The van der Waals surface area contributed by atoms with Crippen LogP contribution in [0.15, 0.2) is 66.8 Å². The van der Waals surface area contributed by atoms with Crippen molar-refractivity contribution >= 4 is 33.2 Å². The summed E-state index contributed by atoms with van der Waals surface area (Å²) in [5, 5.41) is 29.9. The third-order valence-corrected chi connectivity index (χ3v) is 7.86. The molecule has 0 radical (unpaired) electrons. The summed E-state index contributed by atoms with van der Waals surface area (Å²) in [4.78, 5) is 8.95. The van der Waals surface area contributed by atoms with Crippen molar-refractivity contribution in [3.63, 3.8) is 0 Å². The quantitative estimate of drug-likeness (QED) is 0.196. The topological polar surface area (TPSA) is 125 Å². The Morgan fingerprint density at radius 1 is 1.05 bits per heavy atom. The Kier molecular flexibility index (Phi) is 6.99. The van der Waals surface area contributed by atoms with E-state index in [-0.39, 0.29) is 5.41 Å². The lowest BCUT2D eigenvalue weighted by Crippen LogP contribution is -2.48. The van der Waals surface area contributed by atoms with Crippen LogP contribution in [0.2, 0.25) is 0 Å². The normalized spacial score (nSPS) is 16.4. The van der Waals surface area contributed by atoms with Crippen LogP contribution in [-0.4, -0.2) is 33.5 Å². The van der Waals surface area contributed by atoms with Gasteiger partial charge in [-0.3, -0.25) is 15.0 Å². The van der Waals surface area contributed by atoms with E-state index in [1.807, 2.05) is 36.4 Å². The highest BCUT2D eigenvalue weighted by atomic mass is 19.3. The Hall–Kier alpha value is -5.00. The van der Waals surface area contributed by atoms with Gasteiger partial charge in [-0.15, -0.1) is 5.53 Å². The van der Waals surface area contributed by atoms with Gasteiger partial charge in [0.05, 0.1) is 39.6 Å². The van der Waals surface area contributed by atoms with Crippen molar-refractivity contribution in [2.45, 2.75) is 51.6 Å². The minimum Gasteiger partial charge on any atom is -0.383 e. The number of nitriles is 2. The van der Waals surface area contributed by atoms with Gasteiger partial charge in [-0.1, -0.05) is 39.0 Å². The van der Waals surface area contributed by atoms with E-state index in [0.717, 1.165) is 16.5 Å². The summed E-state index contributed by atoms with van der Waals surface area (Å²) < 4.78 is 27.9. The summed E-state index contributed by atoms with van der Waals surface area (Å²) in [5.41, 5.74) is 9.39. The summed E-state index contributed by atoms with van der Waals surface area (Å²) in [6, 6.07) is 17.1. The van der Waals surface area contributed by atoms with Crippen molar-refractivity contribution in [3.8, 4) is 12.1 Å². The number of aromatic nitrogens is 2. The van der Waals surface area contributed by atoms with E-state index in [0.29, 0.717) is 58.5 Å². The van der Waals surface area contributed by atoms with Gasteiger partial charge in [-0.05, 0) is 48.1 Å². The number of benzene rings is 2. The van der Waals surface area contributed by atoms with E-state index in [9.17, 15) is 19.3 Å². The van der Waals surface area contributed by atoms with Crippen molar-refractivity contribution in [2.75, 3.05) is 17.2 Å². The van der Waals surface area contributed by atoms with Crippen LogP contribution in [0.1, 0.15) is 56.3 Å². The molecule has 1 aliphatic heterocycles. The van der Waals surface area contributed by atoms with Gasteiger partial charge in [0.15, 0.2) is 0 Å². The molecule has 3 heterocycles. The van der Waals surface area contributed by atoms with Crippen molar-refractivity contribution in [2.24, 2.45) is 5.41 Å². The fourth-order valence-corrected chi connectivity index (χ4v) is 5.38. The molecule has 1 fully saturated rings. The van der Waals surface area contributed by atoms with Crippen molar-refractivity contribution < 1.29 is 8.78 Å². The Bertz CT molecular complexity index is 1820. The Morgan fingerprint density at radius 2 is 1.84 bits per heavy atom. The maximum Gasteiger partial charge on any atom is 0.262 e. The zero-order chi connectivity index (χ0) is 30.4. The van der Waals surface area contributed by atoms with Crippen LogP contribution in [0.4, 0.5) is 20.2 Å². The minimum absolute atomic E-state index is 0.0691. The van der Waals surface area contributed by atoms with Crippen LogP contribution in [0, 0.1) is 28.1 Å². The first kappa shape index (κ1) is 28.1. The molecule has 2 aromatic carbocycles. The van der Waals surface area contributed by atoms with Gasteiger partial charge in [0.2, 0.25) is 0 Å². The highest BCUT2D eigenvalue weighted by Crippen LogP contribution is 2.47. The average molecular weight is 580 g/mol. The van der Waals surface area contributed by atoms with Gasteiger partial charge in [0.1, 0.15) is 17.7 Å². The van der Waals surface area contributed by atoms with E-state index in [1.54, 1.807) is 18.5 Å². The standard InChI is InChI=1S/C32H31F2N9/c1-31(2,3)18-39-28-20(15-36)16-38-27-19(14-35)12-21(13-24(27)28)40-29(23-6-4-8-25-22(23)7-5-11-37-25)26-17-43(42-41-26)32(9-10-32)30(33)34/h4-8,11-13,16-17,29-30,40-42H,9-10,18H2,1-3H3,(H,38,39)/t29-/m0/s1. The summed E-state index contributed by atoms with van der Waals surface area (Å²) >= 11 is 0. The molecule has 218 valence electrons. The lowest BCUT2D eigenvalue weighted by Gasteiger charge is -2.25. The summed E-state index contributed by atoms with van der Waals surface area (Å²) in [6.07, 6.45) is 3.15. The number of alkyl halides is 2. The molecule has 0 unspecified atom stereocenters. The fraction of sp³-hybridized carbons (Fsp3) is 0.312. The highest BCUT2D eigenvalue weighted by Gasteiger charge is 2.56. The number of nitrogens with zero attached hydrogens (tertiary/aromatic N) is 5. The fourth-order valence-electron chi connectivity index (χ4n) is 5.38. The van der Waals surface area contributed by atoms with E-state index >= 15 is 0 Å². The van der Waals surface area contributed by atoms with Crippen LogP contribution < -0.4 is 21.6 Å². The number of pyridine rings is 2. The van der Waals surface area contributed by atoms with Crippen LogP contribution in [-0.2, 0) is 0 Å². The molecule has 4 aromatic rings. The van der Waals surface area contributed by atoms with Crippen LogP contribution in [0.5, 0.6) is 0 Å². The van der Waals surface area contributed by atoms with Gasteiger partial charge < -0.3 is 16.1 Å². The molecule has 4 N–H and O–H groups in total. The number of anilines is 2. The van der Waals surface area contributed by atoms with Gasteiger partial charge in [0, 0.05) is 41.6 Å². The van der Waals surface area contributed by atoms with Crippen molar-refractivity contribution in [1.82, 2.24) is 25.9 Å². The molecule has 6 rings (SSSR count). The van der Waals surface area contributed by atoms with Crippen LogP contribution in [0.25, 0.3) is 21.8 Å². The van der Waals surface area contributed by atoms with Gasteiger partial charge >= 0.3 is 0 Å². The molecule has 1 atom stereocenters. The minimum atomic E-state index is -2.51. The number of nitrogens with one attached hydrogen (secondary N) is 4. The van der Waals surface area contributed by atoms with Crippen LogP contribution >= 0.6 is 0 Å². The molecule has 1 aliphatic carbocycles. The zero-order valence-corrected chi connectivity index (χ0v) is 24.0. The molecule has 11 heteroatoms. The summed E-state index contributed by atoms with van der Waals surface area (Å²) in [7, 11) is 0. The molecular formula is C32H31F2N9. The maximum absolute atomic E-state index is 14.0. The van der Waals surface area contributed by atoms with Gasteiger partial charge in [-0.2, -0.15) is 10.5 Å². The summed E-state index contributed by atoms with van der Waals surface area (Å²) in [6.45, 7) is 6.86. The highest BCUT2D eigenvalue weighted by molar-refractivity contribution is 5.99. The van der Waals surface area contributed by atoms with E-state index < -0.39 is 18.0 Å². The second kappa shape index (κ2) is 10.7. The molecule has 0 amide bonds. The number of rotatable bonds is 8. The monoisotopic (exact) mass is 579 g/mol. The second-order valence-electron chi connectivity index (χ2n) is 12.2. The molecule has 2 aliphatic rings. The van der Waals surface area contributed by atoms with Crippen molar-refractivity contribution in [3.05, 3.63) is 83.4 Å². The molecule has 0 saturated heterocycles. The van der Waals surface area contributed by atoms with Gasteiger partial charge in [-0.25, -0.2) is 8.78 Å². The predicted octanol–water partition coefficient (Wildman–Crippen LogP) is 6.10. The summed E-state index contributed by atoms with van der Waals surface area (Å²) in [5.74, 6) is 0. The number of halogens is 2. The average Bonchev–Trinajstić information content (AvgIpc) is 3.67. The molecule has 1 saturated carbocycles. The Morgan fingerprint density at radius 3 is 2.53 bits per heavy atom. The first-order chi connectivity index (χ1) is 20.6. The van der Waals surface area contributed by atoms with Crippen molar-refractivity contribution in [1.29, 1.82) is 10.5 Å². The number of hydrazine groups is 2. The molecule has 43 heavy (non-hydrogen) atoms. The Labute approximate surface area is 248 Å². The van der Waals surface area contributed by atoms with Gasteiger partial charge in [0.25, 0.3) is 6.43 Å². The molecule has 9 nitrogen and oxygen atoms in total. The van der Waals surface area contributed by atoms with E-state index in [2.05, 4.69) is 64.5 Å². The van der Waals surface area contributed by atoms with Crippen LogP contribution in [0.3, 0.4) is 0 Å². The third kappa shape index (κ3) is 5.24. The lowest BCUT2D eigenvalue weighted by molar-refractivity contribution is 0.00911. The van der Waals surface area contributed by atoms with E-state index in [4.69, 9.17) is 0 Å². The van der Waals surface area contributed by atoms with E-state index in [1.165, 1.54) is 11.2 Å². The molecule has 0 spiro atoms. The number of fused-ring (bicyclic) bond motifs is 2. The largest absolute Gasteiger partial charge is 0.383 e. The zero-order valence-electron chi connectivity index (χ0n) is 24.0. The third-order valence-electron chi connectivity index (χ3n) is 7.86. The molecule has 0 bridgehead atoms. The molecular weight excluding hydrogens is 548 g/mol. The second-order valence-corrected chi connectivity index (χ2v) is 12.2. The smallest absolute Gasteiger partial charge is 0.262 e. The SMILES string of the molecule is CC(C)(C)CNc1c(C#N)cnc2c(C#N)cc(N[C@H](C3=CN(C4(C(F)F)CC4)NN3)c3cccc4ncccc34)cc12. The first-order valence-electron chi connectivity index (χ1n) is 14.1. The number of hydrogen-bond donors (Lipinski definition) is 4.